The van der Waals surface area contributed by atoms with Crippen molar-refractivity contribution in [3.8, 4) is 28.1 Å². The highest BCUT2D eigenvalue weighted by molar-refractivity contribution is 7.92. The van der Waals surface area contributed by atoms with E-state index in [-0.39, 0.29) is 11.6 Å². The van der Waals surface area contributed by atoms with E-state index in [1.807, 2.05) is 55.5 Å². The van der Waals surface area contributed by atoms with Gasteiger partial charge in [-0.2, -0.15) is 0 Å². The summed E-state index contributed by atoms with van der Waals surface area (Å²) < 4.78 is 60.6. The van der Waals surface area contributed by atoms with Gasteiger partial charge < -0.3 is 4.74 Å². The Bertz CT molecular complexity index is 1720. The summed E-state index contributed by atoms with van der Waals surface area (Å²) in [5, 5.41) is 0.914. The third-order valence-corrected chi connectivity index (χ3v) is 7.22. The van der Waals surface area contributed by atoms with E-state index in [4.69, 9.17) is 4.74 Å². The molecule has 0 saturated carbocycles. The summed E-state index contributed by atoms with van der Waals surface area (Å²) in [7, 11) is -2.99. The standard InChI is InChI=1S/C28H21F2N3O3S/c1-17-3-5-18(6-4-17)24-9-10-31-26-8-7-19(11-25(24)26)20-12-27(28(36-2)32-16-20)33-37(34,35)23-14-21(29)13-22(30)15-23/h3-16,33H,1-2H3. The number of benzene rings is 3. The zero-order chi connectivity index (χ0) is 26.2. The number of fused-ring (bicyclic) bond motifs is 1. The third-order valence-electron chi connectivity index (χ3n) is 5.87. The zero-order valence-electron chi connectivity index (χ0n) is 19.9. The number of nitrogens with one attached hydrogen (secondary N) is 1. The van der Waals surface area contributed by atoms with Gasteiger partial charge in [0.2, 0.25) is 5.88 Å². The van der Waals surface area contributed by atoms with Crippen LogP contribution in [-0.4, -0.2) is 25.5 Å². The van der Waals surface area contributed by atoms with Gasteiger partial charge in [0.1, 0.15) is 17.3 Å². The fraction of sp³-hybridized carbons (Fsp3) is 0.0714. The predicted octanol–water partition coefficient (Wildman–Crippen LogP) is 6.36. The van der Waals surface area contributed by atoms with Crippen LogP contribution in [0.2, 0.25) is 0 Å². The van der Waals surface area contributed by atoms with Crippen LogP contribution in [0.4, 0.5) is 14.5 Å². The predicted molar refractivity (Wildman–Crippen MR) is 139 cm³/mol. The summed E-state index contributed by atoms with van der Waals surface area (Å²) in [6.07, 6.45) is 3.32. The van der Waals surface area contributed by atoms with Crippen molar-refractivity contribution in [1.29, 1.82) is 0 Å². The molecule has 1 N–H and O–H groups in total. The average molecular weight is 518 g/mol. The Balaban J connectivity index is 1.58. The van der Waals surface area contributed by atoms with E-state index in [0.717, 1.165) is 45.3 Å². The number of ether oxygens (including phenoxy) is 1. The highest BCUT2D eigenvalue weighted by Crippen LogP contribution is 2.34. The molecule has 37 heavy (non-hydrogen) atoms. The van der Waals surface area contributed by atoms with E-state index in [1.165, 1.54) is 7.11 Å². The first-order valence-electron chi connectivity index (χ1n) is 11.2. The summed E-state index contributed by atoms with van der Waals surface area (Å²) in [5.41, 5.74) is 5.39. The van der Waals surface area contributed by atoms with Crippen LogP contribution in [0, 0.1) is 18.6 Å². The van der Waals surface area contributed by atoms with Crippen molar-refractivity contribution in [2.45, 2.75) is 11.8 Å². The van der Waals surface area contributed by atoms with Gasteiger partial charge in [0, 0.05) is 29.4 Å². The number of hydrogen-bond donors (Lipinski definition) is 1. The number of aryl methyl sites for hydroxylation is 1. The molecule has 2 aromatic heterocycles. The fourth-order valence-corrected chi connectivity index (χ4v) is 5.13. The van der Waals surface area contributed by atoms with E-state index in [0.29, 0.717) is 11.6 Å². The highest BCUT2D eigenvalue weighted by atomic mass is 32.2. The number of methoxy groups -OCH3 is 1. The third kappa shape index (κ3) is 4.99. The van der Waals surface area contributed by atoms with Gasteiger partial charge in [0.05, 0.1) is 17.5 Å². The normalized spacial score (nSPS) is 11.5. The molecule has 2 heterocycles. The quantitative estimate of drug-likeness (QED) is 0.284. The second-order valence-corrected chi connectivity index (χ2v) is 10.1. The first-order chi connectivity index (χ1) is 17.7. The average Bonchev–Trinajstić information content (AvgIpc) is 2.88. The largest absolute Gasteiger partial charge is 0.480 e. The van der Waals surface area contributed by atoms with Crippen LogP contribution in [0.1, 0.15) is 5.56 Å². The summed E-state index contributed by atoms with van der Waals surface area (Å²) in [4.78, 5) is 8.16. The Morgan fingerprint density at radius 3 is 2.22 bits per heavy atom. The van der Waals surface area contributed by atoms with Crippen LogP contribution in [0.5, 0.6) is 5.88 Å². The first kappa shape index (κ1) is 24.3. The van der Waals surface area contributed by atoms with Gasteiger partial charge in [-0.1, -0.05) is 35.9 Å². The maximum Gasteiger partial charge on any atom is 0.262 e. The molecule has 6 nitrogen and oxygen atoms in total. The topological polar surface area (TPSA) is 81.2 Å². The van der Waals surface area contributed by atoms with Gasteiger partial charge >= 0.3 is 0 Å². The molecule has 9 heteroatoms. The van der Waals surface area contributed by atoms with Crippen molar-refractivity contribution in [2.24, 2.45) is 0 Å². The number of halogens is 2. The molecule has 0 unspecified atom stereocenters. The van der Waals surface area contributed by atoms with Crippen LogP contribution in [0.3, 0.4) is 0 Å². The fourth-order valence-electron chi connectivity index (χ4n) is 4.04. The molecule has 5 aromatic rings. The number of anilines is 1. The Hall–Kier alpha value is -4.37. The minimum Gasteiger partial charge on any atom is -0.480 e. The van der Waals surface area contributed by atoms with Crippen LogP contribution in [0.25, 0.3) is 33.2 Å². The van der Waals surface area contributed by atoms with E-state index >= 15 is 0 Å². The molecule has 186 valence electrons. The minimum atomic E-state index is -4.33. The Kier molecular flexibility index (Phi) is 6.31. The van der Waals surface area contributed by atoms with Gasteiger partial charge in [0.15, 0.2) is 0 Å². The van der Waals surface area contributed by atoms with Crippen molar-refractivity contribution in [1.82, 2.24) is 9.97 Å². The summed E-state index contributed by atoms with van der Waals surface area (Å²) in [6, 6.07) is 19.5. The summed E-state index contributed by atoms with van der Waals surface area (Å²) in [6.45, 7) is 2.03. The number of rotatable bonds is 6. The van der Waals surface area contributed by atoms with E-state index in [1.54, 1.807) is 18.5 Å². The van der Waals surface area contributed by atoms with Crippen molar-refractivity contribution in [3.05, 3.63) is 102 Å². The smallest absolute Gasteiger partial charge is 0.262 e. The molecule has 0 radical (unpaired) electrons. The molecule has 0 aliphatic heterocycles. The van der Waals surface area contributed by atoms with Crippen molar-refractivity contribution in [2.75, 3.05) is 11.8 Å². The Morgan fingerprint density at radius 1 is 0.811 bits per heavy atom. The molecule has 3 aromatic carbocycles. The summed E-state index contributed by atoms with van der Waals surface area (Å²) >= 11 is 0. The number of sulfonamides is 1. The van der Waals surface area contributed by atoms with E-state index in [2.05, 4.69) is 14.7 Å². The van der Waals surface area contributed by atoms with Crippen LogP contribution < -0.4 is 9.46 Å². The molecule has 0 fully saturated rings. The number of pyridine rings is 2. The second-order valence-electron chi connectivity index (χ2n) is 8.45. The Labute approximate surface area is 212 Å². The maximum atomic E-state index is 13.7. The molecular weight excluding hydrogens is 496 g/mol. The molecule has 0 amide bonds. The van der Waals surface area contributed by atoms with Crippen molar-refractivity contribution < 1.29 is 21.9 Å². The Morgan fingerprint density at radius 2 is 1.51 bits per heavy atom. The van der Waals surface area contributed by atoms with Crippen molar-refractivity contribution >= 4 is 26.6 Å². The van der Waals surface area contributed by atoms with E-state index in [9.17, 15) is 17.2 Å². The van der Waals surface area contributed by atoms with Crippen LogP contribution in [-0.2, 0) is 10.0 Å². The van der Waals surface area contributed by atoms with Gasteiger partial charge in [-0.25, -0.2) is 22.2 Å². The van der Waals surface area contributed by atoms with Gasteiger partial charge in [0.25, 0.3) is 10.0 Å². The van der Waals surface area contributed by atoms with Gasteiger partial charge in [-0.05, 0) is 60.0 Å². The second kappa shape index (κ2) is 9.59. The summed E-state index contributed by atoms with van der Waals surface area (Å²) in [5.74, 6) is -2.01. The van der Waals surface area contributed by atoms with Crippen molar-refractivity contribution in [3.63, 3.8) is 0 Å². The molecule has 0 atom stereocenters. The van der Waals surface area contributed by atoms with Gasteiger partial charge in [-0.3, -0.25) is 9.71 Å². The molecule has 0 aliphatic carbocycles. The minimum absolute atomic E-state index is 0.00648. The number of nitrogens with zero attached hydrogens (tertiary/aromatic N) is 2. The van der Waals surface area contributed by atoms with Gasteiger partial charge in [-0.15, -0.1) is 0 Å². The number of aromatic nitrogens is 2. The SMILES string of the molecule is COc1ncc(-c2ccc3nccc(-c4ccc(C)cc4)c3c2)cc1NS(=O)(=O)c1cc(F)cc(F)c1. The first-order valence-corrected chi connectivity index (χ1v) is 12.7. The highest BCUT2D eigenvalue weighted by Gasteiger charge is 2.20. The molecule has 0 bridgehead atoms. The maximum absolute atomic E-state index is 13.7. The lowest BCUT2D eigenvalue weighted by Gasteiger charge is -2.14. The lowest BCUT2D eigenvalue weighted by molar-refractivity contribution is 0.400. The zero-order valence-corrected chi connectivity index (χ0v) is 20.7. The molecule has 0 aliphatic rings. The lowest BCUT2D eigenvalue weighted by atomic mass is 9.97. The van der Waals surface area contributed by atoms with Crippen LogP contribution >= 0.6 is 0 Å². The lowest BCUT2D eigenvalue weighted by Crippen LogP contribution is -2.14. The van der Waals surface area contributed by atoms with Crippen LogP contribution in [0.15, 0.2) is 90.1 Å². The monoisotopic (exact) mass is 517 g/mol. The number of hydrogen-bond acceptors (Lipinski definition) is 5. The van der Waals surface area contributed by atoms with E-state index < -0.39 is 26.6 Å². The molecule has 5 rings (SSSR count). The molecule has 0 spiro atoms. The molecule has 0 saturated heterocycles. The molecular formula is C28H21F2N3O3S.